The summed E-state index contributed by atoms with van der Waals surface area (Å²) in [6, 6.07) is 0. The van der Waals surface area contributed by atoms with E-state index in [1.165, 1.54) is 0 Å². The quantitative estimate of drug-likeness (QED) is 0.802. The fourth-order valence-corrected chi connectivity index (χ4v) is 2.04. The molecular formula is C12H19N3O. The third kappa shape index (κ3) is 2.16. The molecule has 1 aromatic heterocycles. The van der Waals surface area contributed by atoms with Gasteiger partial charge >= 0.3 is 0 Å². The SMILES string of the molecule is CCn1ccnc1CC(=O)C(C)C1CNC1. The van der Waals surface area contributed by atoms with Crippen LogP contribution in [0.2, 0.25) is 0 Å². The van der Waals surface area contributed by atoms with Gasteiger partial charge in [0.05, 0.1) is 6.42 Å². The summed E-state index contributed by atoms with van der Waals surface area (Å²) in [5, 5.41) is 3.21. The number of ketones is 1. The Morgan fingerprint density at radius 2 is 2.44 bits per heavy atom. The first-order valence-corrected chi connectivity index (χ1v) is 5.95. The Morgan fingerprint density at radius 3 is 3.00 bits per heavy atom. The lowest BCUT2D eigenvalue weighted by atomic mass is 9.85. The highest BCUT2D eigenvalue weighted by Crippen LogP contribution is 2.18. The van der Waals surface area contributed by atoms with Crippen LogP contribution in [0.1, 0.15) is 19.7 Å². The van der Waals surface area contributed by atoms with E-state index < -0.39 is 0 Å². The molecule has 0 spiro atoms. The Hall–Kier alpha value is -1.16. The maximum absolute atomic E-state index is 12.0. The van der Waals surface area contributed by atoms with E-state index in [0.717, 1.165) is 25.5 Å². The fourth-order valence-electron chi connectivity index (χ4n) is 2.04. The van der Waals surface area contributed by atoms with Crippen LogP contribution in [0.15, 0.2) is 12.4 Å². The lowest BCUT2D eigenvalue weighted by Gasteiger charge is -2.31. The molecular weight excluding hydrogens is 202 g/mol. The molecule has 1 aromatic rings. The topological polar surface area (TPSA) is 46.9 Å². The molecule has 0 bridgehead atoms. The van der Waals surface area contributed by atoms with Gasteiger partial charge in [-0.05, 0) is 25.9 Å². The highest BCUT2D eigenvalue weighted by Gasteiger charge is 2.28. The number of carbonyl (C=O) groups is 1. The van der Waals surface area contributed by atoms with E-state index in [4.69, 9.17) is 0 Å². The summed E-state index contributed by atoms with van der Waals surface area (Å²) in [6.45, 7) is 6.94. The molecule has 4 nitrogen and oxygen atoms in total. The maximum Gasteiger partial charge on any atom is 0.143 e. The Morgan fingerprint density at radius 1 is 1.69 bits per heavy atom. The van der Waals surface area contributed by atoms with E-state index in [2.05, 4.69) is 17.2 Å². The molecule has 0 aliphatic carbocycles. The van der Waals surface area contributed by atoms with Gasteiger partial charge in [-0.1, -0.05) is 6.92 Å². The normalized spacial score (nSPS) is 18.1. The zero-order valence-electron chi connectivity index (χ0n) is 9.94. The van der Waals surface area contributed by atoms with Crippen molar-refractivity contribution in [1.29, 1.82) is 0 Å². The van der Waals surface area contributed by atoms with Crippen molar-refractivity contribution in [1.82, 2.24) is 14.9 Å². The third-order valence-electron chi connectivity index (χ3n) is 3.50. The minimum absolute atomic E-state index is 0.156. The first-order valence-electron chi connectivity index (χ1n) is 5.95. The number of rotatable bonds is 5. The van der Waals surface area contributed by atoms with Gasteiger partial charge in [0, 0.05) is 24.9 Å². The smallest absolute Gasteiger partial charge is 0.143 e. The highest BCUT2D eigenvalue weighted by atomic mass is 16.1. The second kappa shape index (κ2) is 4.78. The van der Waals surface area contributed by atoms with E-state index >= 15 is 0 Å². The van der Waals surface area contributed by atoms with E-state index in [-0.39, 0.29) is 5.92 Å². The molecule has 4 heteroatoms. The van der Waals surface area contributed by atoms with Crippen molar-refractivity contribution in [3.8, 4) is 0 Å². The van der Waals surface area contributed by atoms with Crippen molar-refractivity contribution in [2.45, 2.75) is 26.8 Å². The number of Topliss-reactive ketones (excluding diaryl/α,β-unsaturated/α-hetero) is 1. The van der Waals surface area contributed by atoms with Crippen LogP contribution in [0.5, 0.6) is 0 Å². The molecule has 2 heterocycles. The number of nitrogens with zero attached hydrogens (tertiary/aromatic N) is 2. The minimum Gasteiger partial charge on any atom is -0.335 e. The number of nitrogens with one attached hydrogen (secondary N) is 1. The molecule has 2 rings (SSSR count). The van der Waals surface area contributed by atoms with Crippen molar-refractivity contribution in [3.63, 3.8) is 0 Å². The summed E-state index contributed by atoms with van der Waals surface area (Å²) < 4.78 is 2.03. The van der Waals surface area contributed by atoms with E-state index in [9.17, 15) is 4.79 Å². The summed E-state index contributed by atoms with van der Waals surface area (Å²) in [6.07, 6.45) is 4.17. The summed E-state index contributed by atoms with van der Waals surface area (Å²) in [5.74, 6) is 1.89. The number of carbonyl (C=O) groups excluding carboxylic acids is 1. The number of aryl methyl sites for hydroxylation is 1. The molecule has 0 saturated carbocycles. The lowest BCUT2D eigenvalue weighted by molar-refractivity contribution is -0.124. The third-order valence-corrected chi connectivity index (χ3v) is 3.50. The average Bonchev–Trinajstić information content (AvgIpc) is 2.62. The van der Waals surface area contributed by atoms with Crippen molar-refractivity contribution < 1.29 is 4.79 Å². The van der Waals surface area contributed by atoms with Gasteiger partial charge in [-0.15, -0.1) is 0 Å². The van der Waals surface area contributed by atoms with Crippen molar-refractivity contribution in [2.75, 3.05) is 13.1 Å². The fraction of sp³-hybridized carbons (Fsp3) is 0.667. The molecule has 0 amide bonds. The van der Waals surface area contributed by atoms with E-state index in [1.807, 2.05) is 17.7 Å². The van der Waals surface area contributed by atoms with Gasteiger partial charge in [-0.3, -0.25) is 4.79 Å². The average molecular weight is 221 g/mol. The van der Waals surface area contributed by atoms with Crippen LogP contribution in [0, 0.1) is 11.8 Å². The largest absolute Gasteiger partial charge is 0.335 e. The van der Waals surface area contributed by atoms with Gasteiger partial charge in [0.1, 0.15) is 11.6 Å². The minimum atomic E-state index is 0.156. The molecule has 0 aromatic carbocycles. The number of imidazole rings is 1. The Kier molecular flexibility index (Phi) is 3.39. The summed E-state index contributed by atoms with van der Waals surface area (Å²) in [4.78, 5) is 16.3. The maximum atomic E-state index is 12.0. The van der Waals surface area contributed by atoms with Gasteiger partial charge in [-0.25, -0.2) is 4.98 Å². The molecule has 1 N–H and O–H groups in total. The van der Waals surface area contributed by atoms with Crippen LogP contribution in [0.3, 0.4) is 0 Å². The Labute approximate surface area is 96.1 Å². The van der Waals surface area contributed by atoms with Gasteiger partial charge in [-0.2, -0.15) is 0 Å². The number of aromatic nitrogens is 2. The van der Waals surface area contributed by atoms with Crippen LogP contribution >= 0.6 is 0 Å². The van der Waals surface area contributed by atoms with Gasteiger partial charge in [0.15, 0.2) is 0 Å². The predicted octanol–water partition coefficient (Wildman–Crippen LogP) is 0.870. The van der Waals surface area contributed by atoms with Gasteiger partial charge in [0.25, 0.3) is 0 Å². The van der Waals surface area contributed by atoms with Crippen molar-refractivity contribution >= 4 is 5.78 Å². The number of hydrogen-bond donors (Lipinski definition) is 1. The zero-order chi connectivity index (χ0) is 11.5. The standard InChI is InChI=1S/C12H19N3O/c1-3-15-5-4-14-12(15)6-11(16)9(2)10-7-13-8-10/h4-5,9-10,13H,3,6-8H2,1-2H3. The van der Waals surface area contributed by atoms with Crippen LogP contribution in [0.25, 0.3) is 0 Å². The summed E-state index contributed by atoms with van der Waals surface area (Å²) in [7, 11) is 0. The Balaban J connectivity index is 1.95. The number of hydrogen-bond acceptors (Lipinski definition) is 3. The van der Waals surface area contributed by atoms with Crippen molar-refractivity contribution in [2.24, 2.45) is 11.8 Å². The molecule has 1 atom stereocenters. The van der Waals surface area contributed by atoms with Crippen LogP contribution in [0.4, 0.5) is 0 Å². The zero-order valence-corrected chi connectivity index (χ0v) is 9.94. The summed E-state index contributed by atoms with van der Waals surface area (Å²) >= 11 is 0. The molecule has 1 fully saturated rings. The first kappa shape index (κ1) is 11.3. The summed E-state index contributed by atoms with van der Waals surface area (Å²) in [5.41, 5.74) is 0. The molecule has 1 aliphatic rings. The highest BCUT2D eigenvalue weighted by molar-refractivity contribution is 5.82. The van der Waals surface area contributed by atoms with Gasteiger partial charge < -0.3 is 9.88 Å². The molecule has 16 heavy (non-hydrogen) atoms. The van der Waals surface area contributed by atoms with E-state index in [0.29, 0.717) is 18.1 Å². The molecule has 1 saturated heterocycles. The van der Waals surface area contributed by atoms with Crippen LogP contribution in [-0.4, -0.2) is 28.4 Å². The molecule has 88 valence electrons. The van der Waals surface area contributed by atoms with Crippen molar-refractivity contribution in [3.05, 3.63) is 18.2 Å². The molecule has 1 unspecified atom stereocenters. The predicted molar refractivity (Wildman–Crippen MR) is 62.1 cm³/mol. The van der Waals surface area contributed by atoms with E-state index in [1.54, 1.807) is 6.20 Å². The second-order valence-electron chi connectivity index (χ2n) is 4.48. The second-order valence-corrected chi connectivity index (χ2v) is 4.48. The van der Waals surface area contributed by atoms with Gasteiger partial charge in [0.2, 0.25) is 0 Å². The first-order chi connectivity index (χ1) is 7.72. The lowest BCUT2D eigenvalue weighted by Crippen LogP contribution is -2.47. The Bertz CT molecular complexity index is 368. The van der Waals surface area contributed by atoms with Crippen LogP contribution in [-0.2, 0) is 17.8 Å². The monoisotopic (exact) mass is 221 g/mol. The molecule has 0 radical (unpaired) electrons. The van der Waals surface area contributed by atoms with Crippen LogP contribution < -0.4 is 5.32 Å². The molecule has 1 aliphatic heterocycles.